The first-order valence-corrected chi connectivity index (χ1v) is 24.0. The number of hydrogen-bond acceptors (Lipinski definition) is 11. The van der Waals surface area contributed by atoms with Crippen LogP contribution in [0.4, 0.5) is 4.79 Å². The van der Waals surface area contributed by atoms with Gasteiger partial charge in [0.1, 0.15) is 23.7 Å². The van der Waals surface area contributed by atoms with Crippen molar-refractivity contribution in [2.75, 3.05) is 6.54 Å². The Labute approximate surface area is 357 Å². The van der Waals surface area contributed by atoms with Crippen molar-refractivity contribution in [3.63, 3.8) is 0 Å². The molecule has 14 nitrogen and oxygen atoms in total. The summed E-state index contributed by atoms with van der Waals surface area (Å²) in [6, 6.07) is 9.19. The number of nitrogens with one attached hydrogen (secondary N) is 3. The van der Waals surface area contributed by atoms with Crippen molar-refractivity contribution in [3.05, 3.63) is 98.8 Å². The van der Waals surface area contributed by atoms with Gasteiger partial charge < -0.3 is 20.3 Å². The summed E-state index contributed by atoms with van der Waals surface area (Å²) in [6.07, 6.45) is 9.51. The Hall–Kier alpha value is -5.13. The second-order valence-corrected chi connectivity index (χ2v) is 19.1. The molecule has 17 heteroatoms. The minimum atomic E-state index is -4.11. The molecule has 4 heterocycles. The molecular formula is C43H50N6O8S3. The van der Waals surface area contributed by atoms with Crippen molar-refractivity contribution in [3.8, 4) is 22.3 Å². The predicted octanol–water partition coefficient (Wildman–Crippen LogP) is 6.31. The third-order valence-corrected chi connectivity index (χ3v) is 14.0. The Morgan fingerprint density at radius 2 is 1.70 bits per heavy atom. The molecule has 3 N–H and O–H groups in total. The molecule has 2 aliphatic carbocycles. The van der Waals surface area contributed by atoms with E-state index in [-0.39, 0.29) is 38.3 Å². The van der Waals surface area contributed by atoms with Crippen LogP contribution in [0.25, 0.3) is 22.3 Å². The summed E-state index contributed by atoms with van der Waals surface area (Å²) >= 11 is 2.94. The maximum atomic E-state index is 14.7. The number of sulfonamides is 1. The van der Waals surface area contributed by atoms with Gasteiger partial charge in [-0.3, -0.25) is 23.9 Å². The van der Waals surface area contributed by atoms with Crippen LogP contribution in [0.15, 0.2) is 87.6 Å². The molecule has 4 aromatic rings. The average molecular weight is 875 g/mol. The number of aromatic nitrogens is 2. The molecule has 1 aromatic carbocycles. The molecular weight excluding hydrogens is 825 g/mol. The number of allylic oxidation sites excluding steroid dienone is 1. The summed E-state index contributed by atoms with van der Waals surface area (Å²) in [5, 5.41) is 17.8. The summed E-state index contributed by atoms with van der Waals surface area (Å²) in [6.45, 7) is 3.69. The highest BCUT2D eigenvalue weighted by atomic mass is 32.2. The van der Waals surface area contributed by atoms with Gasteiger partial charge in [0.05, 0.1) is 23.6 Å². The number of ether oxygens (including phenoxy) is 1. The van der Waals surface area contributed by atoms with Gasteiger partial charge >= 0.3 is 6.09 Å². The normalized spacial score (nSPS) is 19.0. The van der Waals surface area contributed by atoms with E-state index in [1.165, 1.54) is 32.3 Å². The van der Waals surface area contributed by atoms with Gasteiger partial charge in [-0.15, -0.1) is 6.58 Å². The van der Waals surface area contributed by atoms with Gasteiger partial charge in [-0.2, -0.15) is 27.8 Å². The molecule has 7 rings (SSSR count). The van der Waals surface area contributed by atoms with Crippen LogP contribution in [0.5, 0.6) is 0 Å². The Morgan fingerprint density at radius 3 is 2.37 bits per heavy atom. The molecule has 3 aliphatic rings. The third-order valence-electron chi connectivity index (χ3n) is 11.4. The van der Waals surface area contributed by atoms with E-state index in [1.54, 1.807) is 36.5 Å². The van der Waals surface area contributed by atoms with Crippen LogP contribution in [0, 0.1) is 0 Å². The predicted molar refractivity (Wildman–Crippen MR) is 231 cm³/mol. The van der Waals surface area contributed by atoms with E-state index in [2.05, 4.69) is 27.0 Å². The number of carbonyl (C=O) groups is 4. The van der Waals surface area contributed by atoms with E-state index in [4.69, 9.17) is 4.74 Å². The van der Waals surface area contributed by atoms with Crippen LogP contribution < -0.4 is 20.9 Å². The van der Waals surface area contributed by atoms with Gasteiger partial charge in [-0.25, -0.2) is 17.9 Å². The number of benzene rings is 1. The van der Waals surface area contributed by atoms with Crippen LogP contribution in [0.3, 0.4) is 0 Å². The average Bonchev–Trinajstić information content (AvgIpc) is 3.84. The van der Waals surface area contributed by atoms with E-state index in [0.29, 0.717) is 28.7 Å². The third kappa shape index (κ3) is 10.2. The van der Waals surface area contributed by atoms with E-state index < -0.39 is 68.8 Å². The fraction of sp³-hybridized carbons (Fsp3) is 0.442. The van der Waals surface area contributed by atoms with Crippen LogP contribution in [0.1, 0.15) is 88.7 Å². The molecule has 318 valence electrons. The first-order chi connectivity index (χ1) is 29.0. The number of amides is 4. The Morgan fingerprint density at radius 1 is 0.983 bits per heavy atom. The smallest absolute Gasteiger partial charge is 0.408 e. The molecule has 3 aromatic heterocycles. The quantitative estimate of drug-likeness (QED) is 0.0761. The number of rotatable bonds is 18. The highest BCUT2D eigenvalue weighted by Crippen LogP contribution is 2.38. The lowest BCUT2D eigenvalue weighted by Crippen LogP contribution is -2.57. The van der Waals surface area contributed by atoms with Crippen molar-refractivity contribution < 1.29 is 32.3 Å². The Balaban J connectivity index is 1.17. The summed E-state index contributed by atoms with van der Waals surface area (Å²) in [5.74, 6) is -2.51. The first-order valence-electron chi connectivity index (χ1n) is 20.4. The van der Waals surface area contributed by atoms with Gasteiger partial charge in [0, 0.05) is 18.5 Å². The molecule has 3 fully saturated rings. The summed E-state index contributed by atoms with van der Waals surface area (Å²) in [7, 11) is -4.11. The number of unbranched alkanes of at least 4 members (excludes halogenated alkanes) is 3. The van der Waals surface area contributed by atoms with Crippen molar-refractivity contribution in [2.45, 2.75) is 113 Å². The number of hydrogen-bond donors (Lipinski definition) is 3. The largest absolute Gasteiger partial charge is 0.446 e. The highest BCUT2D eigenvalue weighted by molar-refractivity contribution is 7.89. The fourth-order valence-corrected chi connectivity index (χ4v) is 10.5. The highest BCUT2D eigenvalue weighted by Gasteiger charge is 2.54. The maximum absolute atomic E-state index is 14.7. The van der Waals surface area contributed by atoms with Crippen molar-refractivity contribution >= 4 is 56.5 Å². The summed E-state index contributed by atoms with van der Waals surface area (Å²) in [5.41, 5.74) is 1.23. The minimum Gasteiger partial charge on any atom is -0.446 e. The number of carbonyl (C=O) groups excluding carboxylic acids is 4. The van der Waals surface area contributed by atoms with Crippen LogP contribution in [-0.4, -0.2) is 77.2 Å². The van der Waals surface area contributed by atoms with E-state index in [0.717, 1.165) is 50.5 Å². The lowest BCUT2D eigenvalue weighted by atomic mass is 10.0. The molecule has 3 atom stereocenters. The second-order valence-electron chi connectivity index (χ2n) is 15.8. The fourth-order valence-electron chi connectivity index (χ4n) is 8.06. The molecule has 1 saturated heterocycles. The van der Waals surface area contributed by atoms with E-state index in [9.17, 15) is 32.4 Å². The van der Waals surface area contributed by atoms with Gasteiger partial charge in [-0.05, 0) is 108 Å². The van der Waals surface area contributed by atoms with Gasteiger partial charge in [0.15, 0.2) is 0 Å². The molecule has 0 spiro atoms. The van der Waals surface area contributed by atoms with Crippen LogP contribution in [0.2, 0.25) is 0 Å². The number of likely N-dealkylation sites (tertiary alicyclic amines) is 1. The monoisotopic (exact) mass is 874 g/mol. The molecule has 1 aliphatic heterocycles. The molecule has 2 saturated carbocycles. The van der Waals surface area contributed by atoms with Gasteiger partial charge in [0.25, 0.3) is 11.5 Å². The molecule has 0 unspecified atom stereocenters. The maximum Gasteiger partial charge on any atom is 0.408 e. The zero-order valence-corrected chi connectivity index (χ0v) is 35.7. The van der Waals surface area contributed by atoms with Crippen molar-refractivity contribution in [1.29, 1.82) is 0 Å². The van der Waals surface area contributed by atoms with Gasteiger partial charge in [-0.1, -0.05) is 49.2 Å². The lowest BCUT2D eigenvalue weighted by molar-refractivity contribution is -0.141. The van der Waals surface area contributed by atoms with Crippen LogP contribution in [-0.2, 0) is 34.9 Å². The van der Waals surface area contributed by atoms with Crippen molar-refractivity contribution in [1.82, 2.24) is 30.0 Å². The Bertz CT molecular complexity index is 2320. The van der Waals surface area contributed by atoms with Gasteiger partial charge in [0.2, 0.25) is 21.8 Å². The molecule has 0 bridgehead atoms. The zero-order valence-electron chi connectivity index (χ0n) is 33.3. The summed E-state index contributed by atoms with van der Waals surface area (Å²) in [4.78, 5) is 71.9. The number of thiophene rings is 2. The Kier molecular flexibility index (Phi) is 13.7. The molecule has 0 radical (unpaired) electrons. The number of alkyl carbamates (subject to hydrolysis) is 1. The lowest BCUT2D eigenvalue weighted by Gasteiger charge is -2.30. The molecule has 60 heavy (non-hydrogen) atoms. The van der Waals surface area contributed by atoms with E-state index in [1.807, 2.05) is 39.7 Å². The standard InChI is InChI=1S/C43H50N6O8S3/c1-2-3-4-5-9-16-35(45-42(54)57-33-14-10-11-15-33)39(51)48-25-32(49-40(52)37(31-18-22-59-27-31)34(24-44-49)30-17-21-58-26-30)23-36(48)38(50)46-43(19-20-43)41(53)47-60(55,56)28-29-12-7-6-8-13-29/h2,6-8,12-13,17-18,21-22,24,26-27,32-33,35-36H,1,3-5,9-11,14-16,19-20,23,25,28H2,(H,45,54)(H,46,50)(H,47,53)/t32-,35+,36+/m1/s1. The summed E-state index contributed by atoms with van der Waals surface area (Å²) < 4.78 is 35.2. The SMILES string of the molecule is C=CCCCCC[C@H](NC(=O)OC1CCCC1)C(=O)N1C[C@H](n2ncc(-c3ccsc3)c(-c3ccsc3)c2=O)C[C@H]1C(=O)NC1(C(=O)NS(=O)(=O)Cc2ccccc2)CC1. The zero-order chi connectivity index (χ0) is 42.3. The van der Waals surface area contributed by atoms with E-state index >= 15 is 0 Å². The second kappa shape index (κ2) is 19.1. The van der Waals surface area contributed by atoms with Crippen LogP contribution >= 0.6 is 22.7 Å². The molecule has 4 amide bonds. The minimum absolute atomic E-state index is 0.0338. The van der Waals surface area contributed by atoms with Crippen molar-refractivity contribution in [2.24, 2.45) is 0 Å². The first kappa shape index (κ1) is 43.0. The number of nitrogens with zero attached hydrogens (tertiary/aromatic N) is 3. The topological polar surface area (TPSA) is 186 Å².